The van der Waals surface area contributed by atoms with Gasteiger partial charge in [0.1, 0.15) is 11.6 Å². The molecule has 202 valence electrons. The number of amides is 1. The number of hydrogen-bond acceptors (Lipinski definition) is 9. The van der Waals surface area contributed by atoms with Crippen molar-refractivity contribution in [3.63, 3.8) is 0 Å². The molecule has 38 heavy (non-hydrogen) atoms. The summed E-state index contributed by atoms with van der Waals surface area (Å²) in [6, 6.07) is 11.2. The topological polar surface area (TPSA) is 140 Å². The zero-order valence-electron chi connectivity index (χ0n) is 21.9. The van der Waals surface area contributed by atoms with E-state index in [1.807, 2.05) is 19.9 Å². The zero-order chi connectivity index (χ0) is 27.3. The molecule has 4 heterocycles. The summed E-state index contributed by atoms with van der Waals surface area (Å²) in [4.78, 5) is 28.5. The lowest BCUT2D eigenvalue weighted by molar-refractivity contribution is 0.0981. The van der Waals surface area contributed by atoms with Crippen molar-refractivity contribution in [2.24, 2.45) is 5.92 Å². The third kappa shape index (κ3) is 6.58. The molecule has 1 fully saturated rings. The van der Waals surface area contributed by atoms with E-state index >= 15 is 0 Å². The molecule has 1 saturated heterocycles. The van der Waals surface area contributed by atoms with E-state index in [1.165, 1.54) is 18.2 Å². The van der Waals surface area contributed by atoms with Crippen molar-refractivity contribution in [3.05, 3.63) is 54.2 Å². The number of sulfonamides is 1. The molecule has 1 aliphatic heterocycles. The Morgan fingerprint density at radius 3 is 2.68 bits per heavy atom. The van der Waals surface area contributed by atoms with Crippen LogP contribution in [0.2, 0.25) is 0 Å². The Balaban J connectivity index is 1.68. The number of nitrogens with one attached hydrogen (secondary N) is 1. The van der Waals surface area contributed by atoms with Crippen LogP contribution in [0.5, 0.6) is 5.88 Å². The minimum Gasteiger partial charge on any atom is -0.475 e. The predicted octanol–water partition coefficient (Wildman–Crippen LogP) is 4.04. The second-order valence-corrected chi connectivity index (χ2v) is 11.3. The number of carbonyl (C=O) groups is 1. The standard InChI is InChI=1S/C27H34N6O4S/c1-4-7-19-8-6-15-33(17-19)26-21(27(34)32-38(35,36)25-10-5-9-23(28)31-25)12-13-22(30-26)20-11-14-24(29-16-20)37-18(2)3/h5,9-14,16,18-19H,4,6-8,15,17H2,1-3H3,(H2,28,31)(H,32,34). The van der Waals surface area contributed by atoms with Gasteiger partial charge in [0.2, 0.25) is 5.88 Å². The molecule has 3 aromatic heterocycles. The average Bonchev–Trinajstić information content (AvgIpc) is 2.88. The van der Waals surface area contributed by atoms with Crippen molar-refractivity contribution >= 4 is 27.6 Å². The number of piperidine rings is 1. The number of pyridine rings is 3. The Morgan fingerprint density at radius 1 is 1.18 bits per heavy atom. The van der Waals surface area contributed by atoms with Gasteiger partial charge in [-0.1, -0.05) is 19.4 Å². The number of ether oxygens (including phenoxy) is 1. The summed E-state index contributed by atoms with van der Waals surface area (Å²) < 4.78 is 33.5. The lowest BCUT2D eigenvalue weighted by Crippen LogP contribution is -2.38. The van der Waals surface area contributed by atoms with Crippen molar-refractivity contribution in [1.82, 2.24) is 19.7 Å². The fourth-order valence-electron chi connectivity index (χ4n) is 4.58. The molecule has 1 atom stereocenters. The second kappa shape index (κ2) is 11.8. The SMILES string of the molecule is CCCC1CCCN(c2nc(-c3ccc(OC(C)C)nc3)ccc2C(=O)NS(=O)(=O)c2cccc(N)n2)C1. The monoisotopic (exact) mass is 538 g/mol. The minimum atomic E-state index is -4.23. The van der Waals surface area contributed by atoms with Crippen LogP contribution in [-0.4, -0.2) is 48.5 Å². The molecule has 10 nitrogen and oxygen atoms in total. The summed E-state index contributed by atoms with van der Waals surface area (Å²) in [6.45, 7) is 7.49. The number of carbonyl (C=O) groups excluding carboxylic acids is 1. The molecule has 0 radical (unpaired) electrons. The Bertz CT molecular complexity index is 1380. The van der Waals surface area contributed by atoms with Crippen molar-refractivity contribution in [3.8, 4) is 17.1 Å². The first-order chi connectivity index (χ1) is 18.2. The van der Waals surface area contributed by atoms with Gasteiger partial charge in [-0.25, -0.2) is 19.7 Å². The highest BCUT2D eigenvalue weighted by Crippen LogP contribution is 2.30. The summed E-state index contributed by atoms with van der Waals surface area (Å²) in [5.74, 6) is 0.697. The van der Waals surface area contributed by atoms with Crippen LogP contribution in [0.25, 0.3) is 11.3 Å². The second-order valence-electron chi connectivity index (χ2n) is 9.70. The van der Waals surface area contributed by atoms with E-state index in [-0.39, 0.29) is 22.5 Å². The summed E-state index contributed by atoms with van der Waals surface area (Å²) >= 11 is 0. The van der Waals surface area contributed by atoms with Crippen molar-refractivity contribution in [2.75, 3.05) is 23.7 Å². The van der Waals surface area contributed by atoms with Crippen LogP contribution in [0, 0.1) is 5.92 Å². The molecule has 1 unspecified atom stereocenters. The summed E-state index contributed by atoms with van der Waals surface area (Å²) in [5, 5.41) is -0.326. The number of anilines is 2. The van der Waals surface area contributed by atoms with Crippen molar-refractivity contribution in [1.29, 1.82) is 0 Å². The lowest BCUT2D eigenvalue weighted by atomic mass is 9.93. The van der Waals surface area contributed by atoms with Crippen LogP contribution in [0.1, 0.15) is 56.8 Å². The molecular formula is C27H34N6O4S. The minimum absolute atomic E-state index is 0.00449. The molecule has 0 aromatic carbocycles. The number of nitrogen functional groups attached to an aromatic ring is 1. The summed E-state index contributed by atoms with van der Waals surface area (Å²) in [7, 11) is -4.23. The Kier molecular flexibility index (Phi) is 8.45. The van der Waals surface area contributed by atoms with Crippen LogP contribution in [0.4, 0.5) is 11.6 Å². The lowest BCUT2D eigenvalue weighted by Gasteiger charge is -2.34. The van der Waals surface area contributed by atoms with E-state index in [2.05, 4.69) is 26.5 Å². The third-order valence-corrected chi connectivity index (χ3v) is 7.50. The Hall–Kier alpha value is -3.73. The van der Waals surface area contributed by atoms with E-state index in [1.54, 1.807) is 24.4 Å². The molecule has 0 saturated carbocycles. The number of rotatable bonds is 9. The number of nitrogens with zero attached hydrogens (tertiary/aromatic N) is 4. The van der Waals surface area contributed by atoms with E-state index in [0.29, 0.717) is 23.3 Å². The Morgan fingerprint density at radius 2 is 2.00 bits per heavy atom. The largest absolute Gasteiger partial charge is 0.475 e. The van der Waals surface area contributed by atoms with Gasteiger partial charge in [-0.05, 0) is 69.4 Å². The molecule has 3 N–H and O–H groups in total. The molecule has 1 aliphatic rings. The van der Waals surface area contributed by atoms with Gasteiger partial charge >= 0.3 is 0 Å². The van der Waals surface area contributed by atoms with Gasteiger partial charge in [-0.15, -0.1) is 0 Å². The van der Waals surface area contributed by atoms with E-state index < -0.39 is 15.9 Å². The van der Waals surface area contributed by atoms with Crippen LogP contribution < -0.4 is 20.1 Å². The highest BCUT2D eigenvalue weighted by molar-refractivity contribution is 7.90. The molecule has 3 aromatic rings. The third-order valence-electron chi connectivity index (χ3n) is 6.27. The van der Waals surface area contributed by atoms with Gasteiger partial charge in [0, 0.05) is 30.9 Å². The van der Waals surface area contributed by atoms with Gasteiger partial charge in [-0.2, -0.15) is 8.42 Å². The molecule has 0 spiro atoms. The first-order valence-corrected chi connectivity index (χ1v) is 14.3. The first kappa shape index (κ1) is 27.3. The molecule has 0 aliphatic carbocycles. The maximum Gasteiger partial charge on any atom is 0.281 e. The quantitative estimate of drug-likeness (QED) is 0.413. The van der Waals surface area contributed by atoms with Gasteiger partial charge in [-0.3, -0.25) is 4.79 Å². The number of aromatic nitrogens is 3. The van der Waals surface area contributed by atoms with Crippen LogP contribution in [0.3, 0.4) is 0 Å². The van der Waals surface area contributed by atoms with Gasteiger partial charge in [0.25, 0.3) is 15.9 Å². The van der Waals surface area contributed by atoms with Crippen LogP contribution in [-0.2, 0) is 10.0 Å². The maximum atomic E-state index is 13.3. The summed E-state index contributed by atoms with van der Waals surface area (Å²) in [6.07, 6.45) is 5.91. The summed E-state index contributed by atoms with van der Waals surface area (Å²) in [5.41, 5.74) is 7.20. The average molecular weight is 539 g/mol. The molecule has 0 bridgehead atoms. The predicted molar refractivity (Wildman–Crippen MR) is 146 cm³/mol. The van der Waals surface area contributed by atoms with Gasteiger partial charge in [0.15, 0.2) is 5.03 Å². The maximum absolute atomic E-state index is 13.3. The highest BCUT2D eigenvalue weighted by Gasteiger charge is 2.28. The molecule has 11 heteroatoms. The molecule has 1 amide bonds. The number of nitrogens with two attached hydrogens (primary N) is 1. The van der Waals surface area contributed by atoms with Crippen LogP contribution in [0.15, 0.2) is 53.7 Å². The first-order valence-electron chi connectivity index (χ1n) is 12.8. The number of hydrogen-bond donors (Lipinski definition) is 2. The Labute approximate surface area is 223 Å². The fourth-order valence-corrected chi connectivity index (χ4v) is 5.52. The van der Waals surface area contributed by atoms with Crippen LogP contribution >= 0.6 is 0 Å². The van der Waals surface area contributed by atoms with Crippen molar-refractivity contribution < 1.29 is 17.9 Å². The zero-order valence-corrected chi connectivity index (χ0v) is 22.7. The van der Waals surface area contributed by atoms with E-state index in [9.17, 15) is 13.2 Å². The van der Waals surface area contributed by atoms with Gasteiger partial charge in [0.05, 0.1) is 17.4 Å². The fraction of sp³-hybridized carbons (Fsp3) is 0.407. The van der Waals surface area contributed by atoms with Crippen molar-refractivity contribution in [2.45, 2.75) is 57.6 Å². The van der Waals surface area contributed by atoms with Gasteiger partial charge < -0.3 is 15.4 Å². The highest BCUT2D eigenvalue weighted by atomic mass is 32.2. The molecule has 4 rings (SSSR count). The van der Waals surface area contributed by atoms with E-state index in [0.717, 1.165) is 44.3 Å². The smallest absolute Gasteiger partial charge is 0.281 e. The molecular weight excluding hydrogens is 504 g/mol. The van der Waals surface area contributed by atoms with E-state index in [4.69, 9.17) is 15.5 Å². The normalized spacial score (nSPS) is 15.9.